The van der Waals surface area contributed by atoms with Crippen molar-refractivity contribution in [2.45, 2.75) is 13.8 Å². The van der Waals surface area contributed by atoms with E-state index in [2.05, 4.69) is 10.6 Å². The number of furan rings is 1. The van der Waals surface area contributed by atoms with Crippen LogP contribution in [0.1, 0.15) is 24.4 Å². The van der Waals surface area contributed by atoms with Crippen molar-refractivity contribution in [3.63, 3.8) is 0 Å². The third-order valence-corrected chi connectivity index (χ3v) is 3.43. The molecule has 2 aromatic rings. The van der Waals surface area contributed by atoms with E-state index in [0.717, 1.165) is 5.69 Å². The minimum atomic E-state index is -0.314. The number of rotatable bonds is 7. The van der Waals surface area contributed by atoms with Gasteiger partial charge in [0.25, 0.3) is 5.91 Å². The molecule has 1 aromatic heterocycles. The van der Waals surface area contributed by atoms with Gasteiger partial charge >= 0.3 is 0 Å². The highest BCUT2D eigenvalue weighted by molar-refractivity contribution is 6.02. The second kappa shape index (κ2) is 8.03. The Morgan fingerprint density at radius 3 is 2.48 bits per heavy atom. The maximum atomic E-state index is 12.0. The van der Waals surface area contributed by atoms with Gasteiger partial charge in [0, 0.05) is 24.5 Å². The van der Waals surface area contributed by atoms with Crippen molar-refractivity contribution in [2.24, 2.45) is 0 Å². The number of hydrogen-bond donors (Lipinski definition) is 2. The van der Waals surface area contributed by atoms with Crippen LogP contribution in [-0.2, 0) is 4.79 Å². The Balaban J connectivity index is 1.94. The van der Waals surface area contributed by atoms with E-state index in [4.69, 9.17) is 4.42 Å². The fourth-order valence-corrected chi connectivity index (χ4v) is 2.17. The molecule has 6 nitrogen and oxygen atoms in total. The van der Waals surface area contributed by atoms with Crippen LogP contribution in [0.5, 0.6) is 0 Å². The molecular weight excluding hydrogens is 294 g/mol. The molecule has 0 spiro atoms. The quantitative estimate of drug-likeness (QED) is 0.824. The number of hydrogen-bond acceptors (Lipinski definition) is 4. The molecular formula is C17H21N3O3. The molecule has 0 atom stereocenters. The van der Waals surface area contributed by atoms with Crippen LogP contribution in [0, 0.1) is 0 Å². The Bertz CT molecular complexity index is 649. The standard InChI is InChI=1S/C17H21N3O3/c1-3-20(4-2)16(21)12-18-13-7-5-8-14(11-13)19-17(22)15-9-6-10-23-15/h5-11,18H,3-4,12H2,1-2H3,(H,19,22). The highest BCUT2D eigenvalue weighted by Gasteiger charge is 2.10. The number of anilines is 2. The molecule has 0 aliphatic heterocycles. The molecule has 0 aliphatic rings. The molecule has 2 N–H and O–H groups in total. The second-order valence-electron chi connectivity index (χ2n) is 4.93. The van der Waals surface area contributed by atoms with Gasteiger partial charge in [0.2, 0.25) is 5.91 Å². The highest BCUT2D eigenvalue weighted by Crippen LogP contribution is 2.16. The number of benzene rings is 1. The predicted octanol–water partition coefficient (Wildman–Crippen LogP) is 2.81. The SMILES string of the molecule is CCN(CC)C(=O)CNc1cccc(NC(=O)c2ccco2)c1. The molecule has 0 saturated heterocycles. The minimum absolute atomic E-state index is 0.0417. The summed E-state index contributed by atoms with van der Waals surface area (Å²) in [6, 6.07) is 10.5. The number of amides is 2. The van der Waals surface area contributed by atoms with E-state index in [1.807, 2.05) is 26.0 Å². The third-order valence-electron chi connectivity index (χ3n) is 3.43. The molecule has 0 bridgehead atoms. The summed E-state index contributed by atoms with van der Waals surface area (Å²) < 4.78 is 5.05. The molecule has 1 aromatic carbocycles. The lowest BCUT2D eigenvalue weighted by molar-refractivity contribution is -0.128. The molecule has 0 radical (unpaired) electrons. The summed E-state index contributed by atoms with van der Waals surface area (Å²) in [7, 11) is 0. The van der Waals surface area contributed by atoms with Gasteiger partial charge in [0.1, 0.15) is 0 Å². The molecule has 0 aliphatic carbocycles. The zero-order chi connectivity index (χ0) is 16.7. The van der Waals surface area contributed by atoms with Gasteiger partial charge in [-0.05, 0) is 44.2 Å². The molecule has 2 amide bonds. The van der Waals surface area contributed by atoms with E-state index in [0.29, 0.717) is 18.8 Å². The van der Waals surface area contributed by atoms with Crippen molar-refractivity contribution >= 4 is 23.2 Å². The lowest BCUT2D eigenvalue weighted by atomic mass is 10.2. The first-order chi connectivity index (χ1) is 11.1. The van der Waals surface area contributed by atoms with Gasteiger partial charge in [-0.15, -0.1) is 0 Å². The average Bonchev–Trinajstić information content (AvgIpc) is 3.09. The topological polar surface area (TPSA) is 74.6 Å². The van der Waals surface area contributed by atoms with Crippen molar-refractivity contribution in [2.75, 3.05) is 30.3 Å². The van der Waals surface area contributed by atoms with Crippen LogP contribution in [0.15, 0.2) is 47.1 Å². The molecule has 23 heavy (non-hydrogen) atoms. The van der Waals surface area contributed by atoms with Crippen LogP contribution in [0.25, 0.3) is 0 Å². The lowest BCUT2D eigenvalue weighted by Crippen LogP contribution is -2.35. The fraction of sp³-hybridized carbons (Fsp3) is 0.294. The van der Waals surface area contributed by atoms with Crippen molar-refractivity contribution in [1.29, 1.82) is 0 Å². The van der Waals surface area contributed by atoms with E-state index < -0.39 is 0 Å². The van der Waals surface area contributed by atoms with E-state index in [9.17, 15) is 9.59 Å². The van der Waals surface area contributed by atoms with Crippen LogP contribution in [0.4, 0.5) is 11.4 Å². The van der Waals surface area contributed by atoms with Crippen LogP contribution in [0.3, 0.4) is 0 Å². The molecule has 2 rings (SSSR count). The number of likely N-dealkylation sites (N-methyl/N-ethyl adjacent to an activating group) is 1. The maximum absolute atomic E-state index is 12.0. The zero-order valence-corrected chi connectivity index (χ0v) is 13.3. The van der Waals surface area contributed by atoms with E-state index >= 15 is 0 Å². The lowest BCUT2D eigenvalue weighted by Gasteiger charge is -2.19. The van der Waals surface area contributed by atoms with Gasteiger partial charge < -0.3 is 20.0 Å². The zero-order valence-electron chi connectivity index (χ0n) is 13.3. The monoisotopic (exact) mass is 315 g/mol. The van der Waals surface area contributed by atoms with E-state index in [1.54, 1.807) is 29.2 Å². The minimum Gasteiger partial charge on any atom is -0.459 e. The summed E-state index contributed by atoms with van der Waals surface area (Å²) in [4.78, 5) is 25.7. The number of nitrogens with one attached hydrogen (secondary N) is 2. The third kappa shape index (κ3) is 4.60. The van der Waals surface area contributed by atoms with E-state index in [-0.39, 0.29) is 24.1 Å². The van der Waals surface area contributed by atoms with Gasteiger partial charge in [0.05, 0.1) is 12.8 Å². The van der Waals surface area contributed by atoms with Crippen molar-refractivity contribution in [3.8, 4) is 0 Å². The molecule has 6 heteroatoms. The second-order valence-corrected chi connectivity index (χ2v) is 4.93. The summed E-state index contributed by atoms with van der Waals surface area (Å²) >= 11 is 0. The maximum Gasteiger partial charge on any atom is 0.291 e. The van der Waals surface area contributed by atoms with Gasteiger partial charge in [-0.1, -0.05) is 6.07 Å². The molecule has 122 valence electrons. The number of carbonyl (C=O) groups is 2. The Morgan fingerprint density at radius 1 is 1.09 bits per heavy atom. The van der Waals surface area contributed by atoms with Crippen LogP contribution >= 0.6 is 0 Å². The van der Waals surface area contributed by atoms with Crippen molar-refractivity contribution in [3.05, 3.63) is 48.4 Å². The van der Waals surface area contributed by atoms with Crippen LogP contribution in [0.2, 0.25) is 0 Å². The van der Waals surface area contributed by atoms with E-state index in [1.165, 1.54) is 6.26 Å². The Morgan fingerprint density at radius 2 is 1.83 bits per heavy atom. The van der Waals surface area contributed by atoms with Gasteiger partial charge in [-0.3, -0.25) is 9.59 Å². The number of carbonyl (C=O) groups excluding carboxylic acids is 2. The van der Waals surface area contributed by atoms with Gasteiger partial charge in [0.15, 0.2) is 5.76 Å². The Hall–Kier alpha value is -2.76. The predicted molar refractivity (Wildman–Crippen MR) is 89.5 cm³/mol. The van der Waals surface area contributed by atoms with Crippen molar-refractivity contribution < 1.29 is 14.0 Å². The number of nitrogens with zero attached hydrogens (tertiary/aromatic N) is 1. The Labute approximate surface area is 135 Å². The Kier molecular flexibility index (Phi) is 5.80. The molecule has 0 unspecified atom stereocenters. The van der Waals surface area contributed by atoms with Crippen LogP contribution < -0.4 is 10.6 Å². The summed E-state index contributed by atoms with van der Waals surface area (Å²) in [5, 5.41) is 5.83. The summed E-state index contributed by atoms with van der Waals surface area (Å²) in [6.45, 7) is 5.50. The van der Waals surface area contributed by atoms with Crippen LogP contribution in [-0.4, -0.2) is 36.3 Å². The summed E-state index contributed by atoms with van der Waals surface area (Å²) in [6.07, 6.45) is 1.45. The fourth-order valence-electron chi connectivity index (χ4n) is 2.17. The smallest absolute Gasteiger partial charge is 0.291 e. The summed E-state index contributed by atoms with van der Waals surface area (Å²) in [5.41, 5.74) is 1.40. The first-order valence-corrected chi connectivity index (χ1v) is 7.60. The van der Waals surface area contributed by atoms with Gasteiger partial charge in [-0.25, -0.2) is 0 Å². The average molecular weight is 315 g/mol. The van der Waals surface area contributed by atoms with Crippen molar-refractivity contribution in [1.82, 2.24) is 4.90 Å². The first kappa shape index (κ1) is 16.6. The first-order valence-electron chi connectivity index (χ1n) is 7.60. The van der Waals surface area contributed by atoms with Gasteiger partial charge in [-0.2, -0.15) is 0 Å². The highest BCUT2D eigenvalue weighted by atomic mass is 16.3. The molecule has 1 heterocycles. The summed E-state index contributed by atoms with van der Waals surface area (Å²) in [5.74, 6) is -0.0218. The molecule has 0 saturated carbocycles. The normalized spacial score (nSPS) is 10.2. The molecule has 0 fully saturated rings. The largest absolute Gasteiger partial charge is 0.459 e.